The molecule has 0 bridgehead atoms. The highest BCUT2D eigenvalue weighted by Crippen LogP contribution is 2.50. The molecule has 6 heteroatoms. The van der Waals surface area contributed by atoms with E-state index in [0.29, 0.717) is 18.0 Å². The largest absolute Gasteiger partial charge is 0.356 e. The monoisotopic (exact) mass is 303 g/mol. The second-order valence-corrected chi connectivity index (χ2v) is 6.91. The number of nitrogens with zero attached hydrogens (tertiary/aromatic N) is 5. The van der Waals surface area contributed by atoms with Gasteiger partial charge in [0.2, 0.25) is 5.91 Å². The molecule has 0 spiro atoms. The minimum Gasteiger partial charge on any atom is -0.356 e. The van der Waals surface area contributed by atoms with E-state index in [1.165, 1.54) is 12.8 Å². The van der Waals surface area contributed by atoms with Crippen LogP contribution >= 0.6 is 0 Å². The van der Waals surface area contributed by atoms with Crippen LogP contribution in [0.1, 0.15) is 26.7 Å². The first-order valence-electron chi connectivity index (χ1n) is 7.94. The van der Waals surface area contributed by atoms with Crippen LogP contribution in [0.15, 0.2) is 12.4 Å². The van der Waals surface area contributed by atoms with Crippen LogP contribution in [0, 0.1) is 5.41 Å². The average molecular weight is 303 g/mol. The Morgan fingerprint density at radius 1 is 1.32 bits per heavy atom. The summed E-state index contributed by atoms with van der Waals surface area (Å²) < 4.78 is 0. The molecule has 1 saturated heterocycles. The lowest BCUT2D eigenvalue weighted by Gasteiger charge is -2.34. The highest BCUT2D eigenvalue weighted by molar-refractivity contribution is 5.82. The Balaban J connectivity index is 1.76. The Morgan fingerprint density at radius 3 is 2.68 bits per heavy atom. The normalized spacial score (nSPS) is 21.7. The van der Waals surface area contributed by atoms with Crippen molar-refractivity contribution in [1.29, 1.82) is 0 Å². The number of carbonyl (C=O) groups excluding carboxylic acids is 1. The van der Waals surface area contributed by atoms with E-state index in [1.54, 1.807) is 11.2 Å². The predicted molar refractivity (Wildman–Crippen MR) is 87.1 cm³/mol. The van der Waals surface area contributed by atoms with E-state index in [0.717, 1.165) is 24.7 Å². The zero-order valence-corrected chi connectivity index (χ0v) is 13.9. The molecule has 0 radical (unpaired) electrons. The minimum absolute atomic E-state index is 0.138. The summed E-state index contributed by atoms with van der Waals surface area (Å²) in [6.07, 6.45) is 4.17. The van der Waals surface area contributed by atoms with Gasteiger partial charge in [0.25, 0.3) is 0 Å². The fourth-order valence-corrected chi connectivity index (χ4v) is 2.94. The van der Waals surface area contributed by atoms with Crippen molar-refractivity contribution >= 4 is 17.5 Å². The molecule has 1 saturated carbocycles. The average Bonchev–Trinajstić information content (AvgIpc) is 3.27. The van der Waals surface area contributed by atoms with Gasteiger partial charge in [0.15, 0.2) is 0 Å². The Bertz CT molecular complexity index is 571. The highest BCUT2D eigenvalue weighted by Gasteiger charge is 2.44. The van der Waals surface area contributed by atoms with Gasteiger partial charge in [-0.3, -0.25) is 4.79 Å². The third-order valence-electron chi connectivity index (χ3n) is 5.41. The van der Waals surface area contributed by atoms with Gasteiger partial charge in [-0.15, -0.1) is 0 Å². The van der Waals surface area contributed by atoms with Crippen LogP contribution in [-0.2, 0) is 4.79 Å². The molecule has 1 aliphatic carbocycles. The number of amides is 1. The van der Waals surface area contributed by atoms with Crippen molar-refractivity contribution in [2.75, 3.05) is 43.5 Å². The molecule has 6 nitrogen and oxygen atoms in total. The van der Waals surface area contributed by atoms with Gasteiger partial charge in [0.1, 0.15) is 18.0 Å². The van der Waals surface area contributed by atoms with Crippen LogP contribution < -0.4 is 9.80 Å². The zero-order chi connectivity index (χ0) is 15.9. The number of hydrogen-bond donors (Lipinski definition) is 0. The molecule has 120 valence electrons. The summed E-state index contributed by atoms with van der Waals surface area (Å²) in [5.41, 5.74) is 0.406. The topological polar surface area (TPSA) is 52.6 Å². The Morgan fingerprint density at radius 2 is 2.05 bits per heavy atom. The molecule has 1 aliphatic heterocycles. The molecular formula is C16H25N5O. The van der Waals surface area contributed by atoms with Crippen molar-refractivity contribution in [2.24, 2.45) is 5.41 Å². The number of piperazine rings is 1. The van der Waals surface area contributed by atoms with E-state index in [4.69, 9.17) is 0 Å². The van der Waals surface area contributed by atoms with Gasteiger partial charge < -0.3 is 14.7 Å². The van der Waals surface area contributed by atoms with Crippen LogP contribution in [0.4, 0.5) is 11.6 Å². The van der Waals surface area contributed by atoms with Gasteiger partial charge >= 0.3 is 0 Å². The van der Waals surface area contributed by atoms with Gasteiger partial charge in [-0.05, 0) is 25.2 Å². The minimum atomic E-state index is 0.138. The standard InChI is InChI=1S/C16H25N5O/c1-12(16(2)5-6-16)20(4)13-9-14(18-11-17-13)21-8-7-19(3)15(22)10-21/h9,11-12H,5-8,10H2,1-4H3. The molecule has 1 atom stereocenters. The van der Waals surface area contributed by atoms with Crippen molar-refractivity contribution in [3.63, 3.8) is 0 Å². The fraction of sp³-hybridized carbons (Fsp3) is 0.688. The number of rotatable bonds is 4. The van der Waals surface area contributed by atoms with E-state index in [-0.39, 0.29) is 5.91 Å². The van der Waals surface area contributed by atoms with Crippen LogP contribution in [0.2, 0.25) is 0 Å². The number of likely N-dealkylation sites (N-methyl/N-ethyl adjacent to an activating group) is 1. The second kappa shape index (κ2) is 5.41. The molecule has 1 aromatic rings. The number of carbonyl (C=O) groups is 1. The summed E-state index contributed by atoms with van der Waals surface area (Å²) in [7, 11) is 3.94. The maximum absolute atomic E-state index is 11.9. The summed E-state index contributed by atoms with van der Waals surface area (Å²) in [5, 5.41) is 0. The fourth-order valence-electron chi connectivity index (χ4n) is 2.94. The van der Waals surface area contributed by atoms with Crippen LogP contribution in [0.5, 0.6) is 0 Å². The summed E-state index contributed by atoms with van der Waals surface area (Å²) in [6.45, 7) is 6.53. The smallest absolute Gasteiger partial charge is 0.241 e. The lowest BCUT2D eigenvalue weighted by molar-refractivity contribution is -0.129. The quantitative estimate of drug-likeness (QED) is 0.841. The Hall–Kier alpha value is -1.85. The van der Waals surface area contributed by atoms with Crippen molar-refractivity contribution in [1.82, 2.24) is 14.9 Å². The summed E-state index contributed by atoms with van der Waals surface area (Å²) in [4.78, 5) is 26.7. The van der Waals surface area contributed by atoms with Gasteiger partial charge in [0.05, 0.1) is 6.54 Å². The van der Waals surface area contributed by atoms with Crippen LogP contribution in [0.3, 0.4) is 0 Å². The molecule has 1 amide bonds. The highest BCUT2D eigenvalue weighted by atomic mass is 16.2. The molecule has 0 aromatic carbocycles. The summed E-state index contributed by atoms with van der Waals surface area (Å²) >= 11 is 0. The lowest BCUT2D eigenvalue weighted by Crippen LogP contribution is -2.49. The first-order chi connectivity index (χ1) is 10.4. The maximum Gasteiger partial charge on any atom is 0.241 e. The molecule has 0 N–H and O–H groups in total. The van der Waals surface area contributed by atoms with E-state index in [9.17, 15) is 4.79 Å². The zero-order valence-electron chi connectivity index (χ0n) is 13.9. The van der Waals surface area contributed by atoms with Crippen LogP contribution in [-0.4, -0.2) is 60.5 Å². The Kier molecular flexibility index (Phi) is 3.70. The molecule has 2 aliphatic rings. The van der Waals surface area contributed by atoms with Crippen molar-refractivity contribution in [2.45, 2.75) is 32.7 Å². The van der Waals surface area contributed by atoms with Crippen LogP contribution in [0.25, 0.3) is 0 Å². The number of aromatic nitrogens is 2. The first kappa shape index (κ1) is 15.1. The maximum atomic E-state index is 11.9. The molecule has 1 aromatic heterocycles. The molecule has 2 heterocycles. The summed E-state index contributed by atoms with van der Waals surface area (Å²) in [5.74, 6) is 1.90. The van der Waals surface area contributed by atoms with Crippen molar-refractivity contribution in [3.8, 4) is 0 Å². The van der Waals surface area contributed by atoms with E-state index in [1.807, 2.05) is 18.0 Å². The molecule has 1 unspecified atom stereocenters. The SMILES string of the molecule is CC(N(C)c1cc(N2CCN(C)C(=O)C2)ncn1)C1(C)CC1. The lowest BCUT2D eigenvalue weighted by atomic mass is 9.99. The molecule has 2 fully saturated rings. The van der Waals surface area contributed by atoms with Crippen molar-refractivity contribution < 1.29 is 4.79 Å². The molecule has 22 heavy (non-hydrogen) atoms. The van der Waals surface area contributed by atoms with E-state index >= 15 is 0 Å². The molecule has 3 rings (SSSR count). The van der Waals surface area contributed by atoms with Gasteiger partial charge in [-0.25, -0.2) is 9.97 Å². The van der Waals surface area contributed by atoms with Crippen molar-refractivity contribution in [3.05, 3.63) is 12.4 Å². The van der Waals surface area contributed by atoms with E-state index < -0.39 is 0 Å². The summed E-state index contributed by atoms with van der Waals surface area (Å²) in [6, 6.07) is 2.45. The predicted octanol–water partition coefficient (Wildman–Crippen LogP) is 1.38. The van der Waals surface area contributed by atoms with Gasteiger partial charge in [0, 0.05) is 39.3 Å². The Labute approximate surface area is 132 Å². The number of hydrogen-bond acceptors (Lipinski definition) is 5. The molecular weight excluding hydrogens is 278 g/mol. The third kappa shape index (κ3) is 2.74. The van der Waals surface area contributed by atoms with E-state index in [2.05, 4.69) is 35.8 Å². The van der Waals surface area contributed by atoms with Gasteiger partial charge in [-0.1, -0.05) is 6.92 Å². The first-order valence-corrected chi connectivity index (χ1v) is 7.94. The number of anilines is 2. The van der Waals surface area contributed by atoms with Gasteiger partial charge in [-0.2, -0.15) is 0 Å². The third-order valence-corrected chi connectivity index (χ3v) is 5.41. The second-order valence-electron chi connectivity index (χ2n) is 6.91.